The molecule has 4 aliphatic carbocycles. The van der Waals surface area contributed by atoms with Crippen LogP contribution < -0.4 is 4.74 Å². The second-order valence-corrected chi connectivity index (χ2v) is 11.6. The predicted octanol–water partition coefficient (Wildman–Crippen LogP) is 4.66. The maximum atomic E-state index is 12.6. The normalized spacial score (nSPS) is 29.2. The number of carbonyl (C=O) groups is 1. The van der Waals surface area contributed by atoms with Crippen LogP contribution in [0, 0.1) is 27.2 Å². The first-order valence-corrected chi connectivity index (χ1v) is 13.0. The van der Waals surface area contributed by atoms with Crippen molar-refractivity contribution in [2.45, 2.75) is 42.9 Å². The van der Waals surface area contributed by atoms with Gasteiger partial charge in [-0.1, -0.05) is 6.07 Å². The molecule has 6 rings (SSSR count). The molecule has 31 heavy (non-hydrogen) atoms. The highest BCUT2D eigenvalue weighted by molar-refractivity contribution is 14.1. The van der Waals surface area contributed by atoms with Crippen molar-refractivity contribution in [2.75, 3.05) is 0 Å². The first-order chi connectivity index (χ1) is 14.7. The summed E-state index contributed by atoms with van der Waals surface area (Å²) in [5, 5.41) is 10.2. The maximum Gasteiger partial charge on any atom is 0.347 e. The number of hydrogen-bond donors (Lipinski definition) is 1. The number of para-hydroxylation sites is 1. The minimum Gasteiger partial charge on any atom is -0.744 e. The van der Waals surface area contributed by atoms with Gasteiger partial charge >= 0.3 is 5.97 Å². The smallest absolute Gasteiger partial charge is 0.347 e. The number of aromatic hydroxyl groups is 1. The van der Waals surface area contributed by atoms with Gasteiger partial charge in [-0.3, -0.25) is 0 Å². The summed E-state index contributed by atoms with van der Waals surface area (Å²) < 4.78 is 42.1. The molecular formula is C23H22IO6S-. The Morgan fingerprint density at radius 1 is 1.03 bits per heavy atom. The molecule has 6 nitrogen and oxygen atoms in total. The minimum atomic E-state index is -4.66. The number of halogens is 1. The topological polar surface area (TPSA) is 104 Å². The van der Waals surface area contributed by atoms with Crippen molar-refractivity contribution in [2.24, 2.45) is 23.7 Å². The van der Waals surface area contributed by atoms with Gasteiger partial charge in [0, 0.05) is 0 Å². The number of ether oxygens (including phenoxy) is 1. The molecule has 0 spiro atoms. The van der Waals surface area contributed by atoms with Gasteiger partial charge in [-0.15, -0.1) is 0 Å². The van der Waals surface area contributed by atoms with Gasteiger partial charge in [-0.05, 0) is 120 Å². The standard InChI is InChI=1S/C23H23IO6S/c24-19-3-1-2-17(22(19)25)23(26)30-16-4-5-20(31(27,28)29)18(11-16)21-14-7-12-6-13(9-14)10-15(21)8-12/h1-5,11-15,21,25H,6-10H2,(H,27,28,29)/p-1. The van der Waals surface area contributed by atoms with Crippen molar-refractivity contribution in [1.82, 2.24) is 0 Å². The second-order valence-electron chi connectivity index (χ2n) is 9.14. The van der Waals surface area contributed by atoms with E-state index < -0.39 is 16.1 Å². The fourth-order valence-electron chi connectivity index (χ4n) is 6.35. The van der Waals surface area contributed by atoms with Crippen molar-refractivity contribution < 1.29 is 27.6 Å². The van der Waals surface area contributed by atoms with Crippen LogP contribution in [-0.2, 0) is 10.1 Å². The average molecular weight is 553 g/mol. The fraction of sp³-hybridized carbons (Fsp3) is 0.435. The van der Waals surface area contributed by atoms with Crippen LogP contribution in [0.4, 0.5) is 0 Å². The van der Waals surface area contributed by atoms with Crippen LogP contribution in [0.25, 0.3) is 0 Å². The lowest BCUT2D eigenvalue weighted by Gasteiger charge is -2.55. The van der Waals surface area contributed by atoms with Crippen molar-refractivity contribution in [3.05, 3.63) is 51.1 Å². The Labute approximate surface area is 194 Å². The fourth-order valence-corrected chi connectivity index (χ4v) is 7.57. The zero-order valence-electron chi connectivity index (χ0n) is 16.7. The molecule has 4 bridgehead atoms. The molecule has 4 saturated carbocycles. The van der Waals surface area contributed by atoms with E-state index in [0.717, 1.165) is 25.7 Å². The van der Waals surface area contributed by atoms with Crippen molar-refractivity contribution >= 4 is 38.7 Å². The van der Waals surface area contributed by atoms with Crippen LogP contribution in [0.1, 0.15) is 53.9 Å². The molecule has 0 aliphatic heterocycles. The Hall–Kier alpha value is -1.65. The molecule has 1 N–H and O–H groups in total. The molecule has 4 fully saturated rings. The van der Waals surface area contributed by atoms with E-state index >= 15 is 0 Å². The molecule has 0 amide bonds. The van der Waals surface area contributed by atoms with Crippen molar-refractivity contribution in [3.63, 3.8) is 0 Å². The van der Waals surface area contributed by atoms with Gasteiger partial charge in [0.25, 0.3) is 0 Å². The van der Waals surface area contributed by atoms with Crippen molar-refractivity contribution in [1.29, 1.82) is 0 Å². The maximum absolute atomic E-state index is 12.6. The molecule has 4 aliphatic rings. The van der Waals surface area contributed by atoms with E-state index in [1.165, 1.54) is 24.6 Å². The monoisotopic (exact) mass is 553 g/mol. The number of phenolic OH excluding ortho intramolecular Hbond substituents is 1. The molecule has 8 heteroatoms. The van der Waals surface area contributed by atoms with Gasteiger partial charge in [0.05, 0.1) is 8.47 Å². The van der Waals surface area contributed by atoms with E-state index in [-0.39, 0.29) is 27.9 Å². The first kappa shape index (κ1) is 21.2. The lowest BCUT2D eigenvalue weighted by molar-refractivity contribution is -0.00374. The number of rotatable bonds is 4. The Bertz CT molecular complexity index is 1130. The summed E-state index contributed by atoms with van der Waals surface area (Å²) >= 11 is 1.92. The summed E-state index contributed by atoms with van der Waals surface area (Å²) in [5.41, 5.74) is 0.518. The molecule has 0 heterocycles. The Kier molecular flexibility index (Phi) is 5.29. The molecule has 0 saturated heterocycles. The summed E-state index contributed by atoms with van der Waals surface area (Å²) in [6.07, 6.45) is 5.53. The zero-order chi connectivity index (χ0) is 21.9. The van der Waals surface area contributed by atoms with E-state index in [9.17, 15) is 22.9 Å². The lowest BCUT2D eigenvalue weighted by atomic mass is 9.51. The molecule has 2 aromatic carbocycles. The average Bonchev–Trinajstić information content (AvgIpc) is 2.68. The highest BCUT2D eigenvalue weighted by atomic mass is 127. The van der Waals surface area contributed by atoms with Crippen LogP contribution in [-0.4, -0.2) is 24.0 Å². The van der Waals surface area contributed by atoms with Crippen LogP contribution >= 0.6 is 22.6 Å². The molecule has 2 aromatic rings. The first-order valence-electron chi connectivity index (χ1n) is 10.5. The molecule has 0 radical (unpaired) electrons. The van der Waals surface area contributed by atoms with Gasteiger partial charge in [0.2, 0.25) is 0 Å². The van der Waals surface area contributed by atoms with E-state index in [2.05, 4.69) is 0 Å². The van der Waals surface area contributed by atoms with Crippen molar-refractivity contribution in [3.8, 4) is 11.5 Å². The van der Waals surface area contributed by atoms with Gasteiger partial charge in [0.1, 0.15) is 27.2 Å². The minimum absolute atomic E-state index is 0.00347. The number of benzene rings is 2. The summed E-state index contributed by atoms with van der Waals surface area (Å²) in [7, 11) is -4.66. The third-order valence-electron chi connectivity index (χ3n) is 7.25. The number of hydrogen-bond acceptors (Lipinski definition) is 6. The van der Waals surface area contributed by atoms with Gasteiger partial charge in [-0.2, -0.15) is 0 Å². The van der Waals surface area contributed by atoms with Crippen LogP contribution in [0.3, 0.4) is 0 Å². The largest absolute Gasteiger partial charge is 0.744 e. The molecule has 164 valence electrons. The van der Waals surface area contributed by atoms with E-state index in [0.29, 0.717) is 32.8 Å². The molecule has 0 unspecified atom stereocenters. The third-order valence-corrected chi connectivity index (χ3v) is 9.03. The van der Waals surface area contributed by atoms with Crippen LogP contribution in [0.2, 0.25) is 0 Å². The highest BCUT2D eigenvalue weighted by Crippen LogP contribution is 2.60. The molecular weight excluding hydrogens is 531 g/mol. The number of esters is 1. The van der Waals surface area contributed by atoms with E-state index in [1.54, 1.807) is 18.2 Å². The van der Waals surface area contributed by atoms with E-state index in [1.807, 2.05) is 22.6 Å². The number of carbonyl (C=O) groups excluding carboxylic acids is 1. The Balaban J connectivity index is 1.51. The lowest BCUT2D eigenvalue weighted by Crippen LogP contribution is -2.44. The van der Waals surface area contributed by atoms with E-state index in [4.69, 9.17) is 4.74 Å². The zero-order valence-corrected chi connectivity index (χ0v) is 19.6. The SMILES string of the molecule is O=C(Oc1ccc(S(=O)(=O)[O-])c(C2C3CC4CC(C3)CC2C4)c1)c1cccc(I)c1O. The summed E-state index contributed by atoms with van der Waals surface area (Å²) in [6, 6.07) is 8.94. The summed E-state index contributed by atoms with van der Waals surface area (Å²) in [5.74, 6) is 1.42. The van der Waals surface area contributed by atoms with Gasteiger partial charge < -0.3 is 14.4 Å². The summed E-state index contributed by atoms with van der Waals surface area (Å²) in [4.78, 5) is 12.4. The quantitative estimate of drug-likeness (QED) is 0.256. The Morgan fingerprint density at radius 2 is 1.68 bits per heavy atom. The number of phenols is 1. The second kappa shape index (κ2) is 7.74. The molecule has 0 atom stereocenters. The summed E-state index contributed by atoms with van der Waals surface area (Å²) in [6.45, 7) is 0. The van der Waals surface area contributed by atoms with Gasteiger partial charge in [-0.25, -0.2) is 13.2 Å². The predicted molar refractivity (Wildman–Crippen MR) is 120 cm³/mol. The Morgan fingerprint density at radius 3 is 2.29 bits per heavy atom. The van der Waals surface area contributed by atoms with Crippen LogP contribution in [0.5, 0.6) is 11.5 Å². The third kappa shape index (κ3) is 3.87. The molecule has 0 aromatic heterocycles. The van der Waals surface area contributed by atoms with Gasteiger partial charge in [0.15, 0.2) is 0 Å². The van der Waals surface area contributed by atoms with Crippen LogP contribution in [0.15, 0.2) is 41.3 Å². The highest BCUT2D eigenvalue weighted by Gasteiger charge is 2.49.